The number of hydrogen-bond acceptors (Lipinski definition) is 4. The lowest BCUT2D eigenvalue weighted by Crippen LogP contribution is -2.24. The number of anilines is 1. The molecule has 0 saturated carbocycles. The fraction of sp³-hybridized carbons (Fsp3) is 0.280. The van der Waals surface area contributed by atoms with Crippen LogP contribution in [0.4, 0.5) is 5.69 Å². The zero-order valence-electron chi connectivity index (χ0n) is 18.0. The average Bonchev–Trinajstić information content (AvgIpc) is 3.28. The van der Waals surface area contributed by atoms with Gasteiger partial charge < -0.3 is 14.8 Å². The smallest absolute Gasteiger partial charge is 0.275 e. The second-order valence-corrected chi connectivity index (χ2v) is 7.66. The highest BCUT2D eigenvalue weighted by atomic mass is 16.2. The molecule has 2 heterocycles. The number of imide groups is 1. The third kappa shape index (κ3) is 4.25. The van der Waals surface area contributed by atoms with Gasteiger partial charge in [-0.3, -0.25) is 14.9 Å². The van der Waals surface area contributed by atoms with Crippen molar-refractivity contribution in [3.05, 3.63) is 72.1 Å². The fourth-order valence-electron chi connectivity index (χ4n) is 4.13. The van der Waals surface area contributed by atoms with E-state index in [2.05, 4.69) is 40.0 Å². The number of nitrogens with zero attached hydrogens (tertiary/aromatic N) is 2. The second kappa shape index (κ2) is 9.18. The van der Waals surface area contributed by atoms with Crippen molar-refractivity contribution < 1.29 is 9.59 Å². The monoisotopic (exact) mass is 416 g/mol. The molecular formula is C25H28N4O2. The van der Waals surface area contributed by atoms with Crippen molar-refractivity contribution in [1.29, 1.82) is 0 Å². The van der Waals surface area contributed by atoms with Crippen molar-refractivity contribution in [2.75, 3.05) is 25.0 Å². The van der Waals surface area contributed by atoms with Gasteiger partial charge in [-0.1, -0.05) is 50.2 Å². The topological polar surface area (TPSA) is 66.4 Å². The van der Waals surface area contributed by atoms with Crippen molar-refractivity contribution in [3.8, 4) is 0 Å². The van der Waals surface area contributed by atoms with Crippen LogP contribution in [0.25, 0.3) is 16.5 Å². The number of aromatic nitrogens is 1. The predicted octanol–water partition coefficient (Wildman–Crippen LogP) is 3.85. The van der Waals surface area contributed by atoms with Crippen LogP contribution in [0.1, 0.15) is 25.8 Å². The van der Waals surface area contributed by atoms with Gasteiger partial charge in [-0.15, -0.1) is 0 Å². The van der Waals surface area contributed by atoms with Gasteiger partial charge in [0.05, 0.1) is 5.57 Å². The van der Waals surface area contributed by atoms with E-state index in [1.165, 1.54) is 0 Å². The molecule has 6 nitrogen and oxygen atoms in total. The summed E-state index contributed by atoms with van der Waals surface area (Å²) < 4.78 is 2.19. The number of nitrogens with one attached hydrogen (secondary N) is 2. The van der Waals surface area contributed by atoms with Crippen molar-refractivity contribution in [2.24, 2.45) is 0 Å². The van der Waals surface area contributed by atoms with Gasteiger partial charge in [0.2, 0.25) is 0 Å². The van der Waals surface area contributed by atoms with E-state index in [1.807, 2.05) is 54.7 Å². The Morgan fingerprint density at radius 2 is 1.65 bits per heavy atom. The summed E-state index contributed by atoms with van der Waals surface area (Å²) in [4.78, 5) is 27.7. The maximum Gasteiger partial charge on any atom is 0.275 e. The number of para-hydroxylation sites is 2. The molecule has 160 valence electrons. The van der Waals surface area contributed by atoms with Crippen LogP contribution in [0.2, 0.25) is 0 Å². The van der Waals surface area contributed by atoms with Gasteiger partial charge >= 0.3 is 0 Å². The van der Waals surface area contributed by atoms with Gasteiger partial charge in [0, 0.05) is 34.9 Å². The number of aryl methyl sites for hydroxylation is 1. The molecule has 2 amide bonds. The molecule has 1 aliphatic heterocycles. The molecule has 4 rings (SSSR count). The average molecular weight is 417 g/mol. The summed E-state index contributed by atoms with van der Waals surface area (Å²) in [7, 11) is 0. The molecule has 2 aromatic carbocycles. The summed E-state index contributed by atoms with van der Waals surface area (Å²) in [6.07, 6.45) is 3.02. The molecule has 0 bridgehead atoms. The van der Waals surface area contributed by atoms with Crippen LogP contribution < -0.4 is 10.6 Å². The van der Waals surface area contributed by atoms with E-state index in [9.17, 15) is 9.59 Å². The van der Waals surface area contributed by atoms with Crippen molar-refractivity contribution in [2.45, 2.75) is 26.8 Å². The number of fused-ring (bicyclic) bond motifs is 1. The van der Waals surface area contributed by atoms with Crippen LogP contribution >= 0.6 is 0 Å². The molecule has 1 aliphatic rings. The zero-order valence-corrected chi connectivity index (χ0v) is 18.0. The molecule has 2 N–H and O–H groups in total. The molecule has 0 radical (unpaired) electrons. The first-order valence-corrected chi connectivity index (χ1v) is 10.8. The third-order valence-corrected chi connectivity index (χ3v) is 5.80. The minimum absolute atomic E-state index is 0.294. The molecule has 1 aromatic heterocycles. The Morgan fingerprint density at radius 3 is 2.39 bits per heavy atom. The Kier molecular flexibility index (Phi) is 6.18. The lowest BCUT2D eigenvalue weighted by atomic mass is 10.0. The maximum absolute atomic E-state index is 12.8. The van der Waals surface area contributed by atoms with Crippen LogP contribution in [-0.2, 0) is 16.1 Å². The molecule has 0 unspecified atom stereocenters. The number of carbonyl (C=O) groups is 2. The van der Waals surface area contributed by atoms with Gasteiger partial charge in [0.25, 0.3) is 11.8 Å². The van der Waals surface area contributed by atoms with Gasteiger partial charge in [0.15, 0.2) is 0 Å². The molecule has 6 heteroatoms. The molecular weight excluding hydrogens is 388 g/mol. The summed E-state index contributed by atoms with van der Waals surface area (Å²) in [6.45, 7) is 8.31. The van der Waals surface area contributed by atoms with E-state index in [0.717, 1.165) is 54.8 Å². The lowest BCUT2D eigenvalue weighted by molar-refractivity contribution is -0.123. The summed E-state index contributed by atoms with van der Waals surface area (Å²) in [5.74, 6) is -0.767. The molecule has 31 heavy (non-hydrogen) atoms. The van der Waals surface area contributed by atoms with E-state index >= 15 is 0 Å². The Balaban J connectivity index is 1.72. The molecule has 0 atom stereocenters. The first kappa shape index (κ1) is 20.9. The highest BCUT2D eigenvalue weighted by Gasteiger charge is 2.33. The molecule has 0 fully saturated rings. The minimum atomic E-state index is -0.401. The number of rotatable bonds is 9. The van der Waals surface area contributed by atoms with E-state index in [4.69, 9.17) is 0 Å². The van der Waals surface area contributed by atoms with Gasteiger partial charge in [-0.2, -0.15) is 0 Å². The summed E-state index contributed by atoms with van der Waals surface area (Å²) in [5, 5.41) is 6.57. The normalized spacial score (nSPS) is 14.0. The van der Waals surface area contributed by atoms with Crippen molar-refractivity contribution >= 4 is 34.0 Å². The van der Waals surface area contributed by atoms with Crippen LogP contribution in [0.15, 0.2) is 66.5 Å². The van der Waals surface area contributed by atoms with Gasteiger partial charge in [-0.25, -0.2) is 0 Å². The molecule has 0 aliphatic carbocycles. The number of amides is 2. The highest BCUT2D eigenvalue weighted by molar-refractivity contribution is 6.38. The van der Waals surface area contributed by atoms with E-state index in [0.29, 0.717) is 11.3 Å². The number of carbonyl (C=O) groups excluding carboxylic acids is 2. The number of benzene rings is 2. The largest absolute Gasteiger partial charge is 0.350 e. The summed E-state index contributed by atoms with van der Waals surface area (Å²) in [6, 6.07) is 17.5. The van der Waals surface area contributed by atoms with Crippen LogP contribution in [0.5, 0.6) is 0 Å². The Hall–Kier alpha value is -3.38. The van der Waals surface area contributed by atoms with Crippen LogP contribution in [0, 0.1) is 0 Å². The van der Waals surface area contributed by atoms with Crippen molar-refractivity contribution in [1.82, 2.24) is 14.8 Å². The first-order valence-electron chi connectivity index (χ1n) is 10.8. The third-order valence-electron chi connectivity index (χ3n) is 5.80. The zero-order chi connectivity index (χ0) is 21.8. The summed E-state index contributed by atoms with van der Waals surface area (Å²) in [5.41, 5.74) is 3.30. The van der Waals surface area contributed by atoms with E-state index in [1.54, 1.807) is 0 Å². The Bertz CT molecular complexity index is 1130. The highest BCUT2D eigenvalue weighted by Crippen LogP contribution is 2.32. The van der Waals surface area contributed by atoms with Gasteiger partial charge in [0.1, 0.15) is 5.70 Å². The molecule has 3 aromatic rings. The first-order chi connectivity index (χ1) is 15.1. The quantitative estimate of drug-likeness (QED) is 0.520. The summed E-state index contributed by atoms with van der Waals surface area (Å²) >= 11 is 0. The van der Waals surface area contributed by atoms with Crippen LogP contribution in [0.3, 0.4) is 0 Å². The SMILES string of the molecule is CCN(CC)CCCn1cc(C2=C(Nc3ccccc3)C(=O)NC2=O)c2ccccc21. The van der Waals surface area contributed by atoms with E-state index < -0.39 is 5.91 Å². The Morgan fingerprint density at radius 1 is 0.935 bits per heavy atom. The van der Waals surface area contributed by atoms with Crippen molar-refractivity contribution in [3.63, 3.8) is 0 Å². The fourth-order valence-corrected chi connectivity index (χ4v) is 4.13. The van der Waals surface area contributed by atoms with E-state index in [-0.39, 0.29) is 5.91 Å². The maximum atomic E-state index is 12.8. The Labute approximate surface area is 182 Å². The molecule has 0 saturated heterocycles. The standard InChI is InChI=1S/C25H28N4O2/c1-3-28(4-2)15-10-16-29-17-20(19-13-8-9-14-21(19)29)22-23(25(31)27-24(22)30)26-18-11-6-5-7-12-18/h5-9,11-14,17H,3-4,10,15-16H2,1-2H3,(H2,26,27,30,31). The second-order valence-electron chi connectivity index (χ2n) is 7.66. The predicted molar refractivity (Wildman–Crippen MR) is 124 cm³/mol. The minimum Gasteiger partial charge on any atom is -0.350 e. The van der Waals surface area contributed by atoms with Gasteiger partial charge in [-0.05, 0) is 44.3 Å². The van der Waals surface area contributed by atoms with Crippen LogP contribution in [-0.4, -0.2) is 40.9 Å². The molecule has 0 spiro atoms. The number of hydrogen-bond donors (Lipinski definition) is 2. The lowest BCUT2D eigenvalue weighted by Gasteiger charge is -2.17.